The third kappa shape index (κ3) is 2.81. The van der Waals surface area contributed by atoms with E-state index in [4.69, 9.17) is 0 Å². The molecule has 5 heteroatoms. The summed E-state index contributed by atoms with van der Waals surface area (Å²) in [7, 11) is 0. The standard InChI is InChI=1S/C21H18N2O3/c24-19(14-6-2-1-3-7-14)22-15-10-12-16(13-11-15)23-20(25)17-8-4-5-9-18(17)21(23)26/h1-2,4-5,8-14H,3,6-7H2,(H,22,24)/t14-/m0/s1. The van der Waals surface area contributed by atoms with Gasteiger partial charge < -0.3 is 5.32 Å². The molecule has 1 aliphatic heterocycles. The third-order valence-corrected chi connectivity index (χ3v) is 4.83. The van der Waals surface area contributed by atoms with Crippen LogP contribution in [0.5, 0.6) is 0 Å². The fourth-order valence-electron chi connectivity index (χ4n) is 3.39. The Hall–Kier alpha value is -3.21. The lowest BCUT2D eigenvalue weighted by Crippen LogP contribution is -2.29. The molecular weight excluding hydrogens is 328 g/mol. The summed E-state index contributed by atoms with van der Waals surface area (Å²) in [5, 5.41) is 2.91. The Morgan fingerprint density at radius 1 is 0.923 bits per heavy atom. The predicted octanol–water partition coefficient (Wildman–Crippen LogP) is 3.78. The molecule has 26 heavy (non-hydrogen) atoms. The largest absolute Gasteiger partial charge is 0.326 e. The van der Waals surface area contributed by atoms with Crippen LogP contribution in [0, 0.1) is 5.92 Å². The van der Waals surface area contributed by atoms with Crippen molar-refractivity contribution in [2.75, 3.05) is 10.2 Å². The molecule has 0 saturated carbocycles. The molecule has 1 aliphatic carbocycles. The van der Waals surface area contributed by atoms with Gasteiger partial charge in [-0.3, -0.25) is 14.4 Å². The molecule has 1 N–H and O–H groups in total. The van der Waals surface area contributed by atoms with Crippen molar-refractivity contribution in [3.05, 3.63) is 71.8 Å². The van der Waals surface area contributed by atoms with Crippen molar-refractivity contribution < 1.29 is 14.4 Å². The van der Waals surface area contributed by atoms with E-state index in [0.717, 1.165) is 19.3 Å². The molecule has 130 valence electrons. The van der Waals surface area contributed by atoms with E-state index >= 15 is 0 Å². The minimum atomic E-state index is -0.323. The number of carbonyl (C=O) groups excluding carboxylic acids is 3. The maximum atomic E-state index is 12.5. The number of hydrogen-bond acceptors (Lipinski definition) is 3. The Balaban J connectivity index is 1.50. The molecule has 3 amide bonds. The van der Waals surface area contributed by atoms with Crippen molar-refractivity contribution in [2.45, 2.75) is 19.3 Å². The van der Waals surface area contributed by atoms with Gasteiger partial charge in [-0.25, -0.2) is 4.90 Å². The number of nitrogens with zero attached hydrogens (tertiary/aromatic N) is 1. The van der Waals surface area contributed by atoms with Crippen LogP contribution in [0.4, 0.5) is 11.4 Å². The van der Waals surface area contributed by atoms with Crippen LogP contribution < -0.4 is 10.2 Å². The van der Waals surface area contributed by atoms with Gasteiger partial charge in [0.05, 0.1) is 16.8 Å². The number of amides is 3. The highest BCUT2D eigenvalue weighted by molar-refractivity contribution is 6.34. The van der Waals surface area contributed by atoms with E-state index in [2.05, 4.69) is 11.4 Å². The zero-order valence-electron chi connectivity index (χ0n) is 14.1. The average Bonchev–Trinajstić information content (AvgIpc) is 2.94. The fraction of sp³-hybridized carbons (Fsp3) is 0.190. The Labute approximate surface area is 151 Å². The molecule has 0 aromatic heterocycles. The fourth-order valence-corrected chi connectivity index (χ4v) is 3.39. The maximum Gasteiger partial charge on any atom is 0.266 e. The monoisotopic (exact) mass is 346 g/mol. The topological polar surface area (TPSA) is 66.5 Å². The molecule has 0 fully saturated rings. The molecule has 1 atom stereocenters. The first kappa shape index (κ1) is 16.3. The van der Waals surface area contributed by atoms with Gasteiger partial charge in [-0.1, -0.05) is 24.3 Å². The van der Waals surface area contributed by atoms with Crippen LogP contribution in [-0.2, 0) is 4.79 Å². The van der Waals surface area contributed by atoms with Crippen molar-refractivity contribution >= 4 is 29.1 Å². The summed E-state index contributed by atoms with van der Waals surface area (Å²) >= 11 is 0. The van der Waals surface area contributed by atoms with Crippen LogP contribution in [0.2, 0.25) is 0 Å². The van der Waals surface area contributed by atoms with E-state index in [9.17, 15) is 14.4 Å². The second-order valence-electron chi connectivity index (χ2n) is 6.51. The SMILES string of the molecule is O=C(Nc1ccc(N2C(=O)c3ccccc3C2=O)cc1)[C@H]1CC=CCC1. The van der Waals surface area contributed by atoms with Gasteiger partial charge in [-0.15, -0.1) is 0 Å². The quantitative estimate of drug-likeness (QED) is 0.679. The molecule has 0 bridgehead atoms. The zero-order chi connectivity index (χ0) is 18.1. The lowest BCUT2D eigenvalue weighted by atomic mass is 9.93. The Morgan fingerprint density at radius 3 is 2.15 bits per heavy atom. The van der Waals surface area contributed by atoms with Crippen LogP contribution >= 0.6 is 0 Å². The van der Waals surface area contributed by atoms with E-state index in [0.29, 0.717) is 22.5 Å². The Bertz CT molecular complexity index is 880. The molecule has 0 unspecified atom stereocenters. The number of fused-ring (bicyclic) bond motifs is 1. The van der Waals surface area contributed by atoms with Crippen LogP contribution in [0.3, 0.4) is 0 Å². The van der Waals surface area contributed by atoms with Gasteiger partial charge in [0.1, 0.15) is 0 Å². The second kappa shape index (κ2) is 6.59. The van der Waals surface area contributed by atoms with Crippen LogP contribution in [-0.4, -0.2) is 17.7 Å². The number of benzene rings is 2. The highest BCUT2D eigenvalue weighted by atomic mass is 16.2. The van der Waals surface area contributed by atoms with Gasteiger partial charge in [-0.2, -0.15) is 0 Å². The van der Waals surface area contributed by atoms with Crippen molar-refractivity contribution in [3.8, 4) is 0 Å². The Morgan fingerprint density at radius 2 is 1.58 bits per heavy atom. The number of anilines is 2. The van der Waals surface area contributed by atoms with E-state index < -0.39 is 0 Å². The summed E-state index contributed by atoms with van der Waals surface area (Å²) in [6.07, 6.45) is 6.69. The molecule has 5 nitrogen and oxygen atoms in total. The van der Waals surface area contributed by atoms with E-state index in [-0.39, 0.29) is 23.6 Å². The summed E-state index contributed by atoms with van der Waals surface area (Å²) in [5.41, 5.74) is 1.99. The predicted molar refractivity (Wildman–Crippen MR) is 99.1 cm³/mol. The van der Waals surface area contributed by atoms with Crippen molar-refractivity contribution in [1.29, 1.82) is 0 Å². The molecule has 0 radical (unpaired) electrons. The highest BCUT2D eigenvalue weighted by Crippen LogP contribution is 2.29. The zero-order valence-corrected chi connectivity index (χ0v) is 14.1. The highest BCUT2D eigenvalue weighted by Gasteiger charge is 2.36. The molecule has 4 rings (SSSR count). The normalized spacial score (nSPS) is 18.8. The van der Waals surface area contributed by atoms with Gasteiger partial charge >= 0.3 is 0 Å². The first-order valence-corrected chi connectivity index (χ1v) is 8.69. The van der Waals surface area contributed by atoms with Gasteiger partial charge in [0.25, 0.3) is 11.8 Å². The molecule has 0 spiro atoms. The summed E-state index contributed by atoms with van der Waals surface area (Å²) < 4.78 is 0. The summed E-state index contributed by atoms with van der Waals surface area (Å²) in [6, 6.07) is 13.6. The lowest BCUT2D eigenvalue weighted by Gasteiger charge is -2.18. The molecule has 0 saturated heterocycles. The molecule has 2 aromatic carbocycles. The third-order valence-electron chi connectivity index (χ3n) is 4.83. The molecule has 2 aromatic rings. The maximum absolute atomic E-state index is 12.5. The van der Waals surface area contributed by atoms with Crippen molar-refractivity contribution in [3.63, 3.8) is 0 Å². The number of hydrogen-bond donors (Lipinski definition) is 1. The first-order valence-electron chi connectivity index (χ1n) is 8.69. The van der Waals surface area contributed by atoms with Crippen LogP contribution in [0.1, 0.15) is 40.0 Å². The van der Waals surface area contributed by atoms with Gasteiger partial charge in [0.2, 0.25) is 5.91 Å². The molecular formula is C21H18N2O3. The van der Waals surface area contributed by atoms with Crippen LogP contribution in [0.15, 0.2) is 60.7 Å². The lowest BCUT2D eigenvalue weighted by molar-refractivity contribution is -0.120. The van der Waals surface area contributed by atoms with Gasteiger partial charge in [-0.05, 0) is 55.7 Å². The van der Waals surface area contributed by atoms with Gasteiger partial charge in [0, 0.05) is 11.6 Å². The van der Waals surface area contributed by atoms with E-state index in [1.807, 2.05) is 6.08 Å². The minimum Gasteiger partial charge on any atom is -0.326 e. The average molecular weight is 346 g/mol. The number of allylic oxidation sites excluding steroid dienone is 2. The molecule has 2 aliphatic rings. The number of nitrogens with one attached hydrogen (secondary N) is 1. The first-order chi connectivity index (χ1) is 12.6. The summed E-state index contributed by atoms with van der Waals surface area (Å²) in [6.45, 7) is 0. The van der Waals surface area contributed by atoms with E-state index in [1.165, 1.54) is 4.90 Å². The van der Waals surface area contributed by atoms with Gasteiger partial charge in [0.15, 0.2) is 0 Å². The van der Waals surface area contributed by atoms with Crippen molar-refractivity contribution in [2.24, 2.45) is 5.92 Å². The summed E-state index contributed by atoms with van der Waals surface area (Å²) in [5.74, 6) is -0.647. The molecule has 1 heterocycles. The second-order valence-corrected chi connectivity index (χ2v) is 6.51. The number of carbonyl (C=O) groups is 3. The van der Waals surface area contributed by atoms with Crippen molar-refractivity contribution in [1.82, 2.24) is 0 Å². The number of rotatable bonds is 3. The Kier molecular flexibility index (Phi) is 4.13. The smallest absolute Gasteiger partial charge is 0.266 e. The van der Waals surface area contributed by atoms with Crippen LogP contribution in [0.25, 0.3) is 0 Å². The number of imide groups is 1. The minimum absolute atomic E-state index is 0.00262. The summed E-state index contributed by atoms with van der Waals surface area (Å²) in [4.78, 5) is 38.5. The van der Waals surface area contributed by atoms with E-state index in [1.54, 1.807) is 48.5 Å².